The molecule has 0 fully saturated rings. The van der Waals surface area contributed by atoms with E-state index in [4.69, 9.17) is 3.79 Å². The maximum absolute atomic E-state index is 5.43. The van der Waals surface area contributed by atoms with E-state index in [9.17, 15) is 0 Å². The molecule has 0 amide bonds. The topological polar surface area (TPSA) is 9.23 Å². The molecule has 0 aromatic carbocycles. The molecule has 10 heavy (non-hydrogen) atoms. The van der Waals surface area contributed by atoms with Crippen LogP contribution in [0.1, 0.15) is 27.7 Å². The molecule has 0 rings (SSSR count). The van der Waals surface area contributed by atoms with Gasteiger partial charge in [0.2, 0.25) is 0 Å². The van der Waals surface area contributed by atoms with Crippen molar-refractivity contribution in [1.29, 1.82) is 0 Å². The molecule has 60 valence electrons. The molecular formula is C7H16AlClO. The minimum atomic E-state index is 0. The third-order valence-corrected chi connectivity index (χ3v) is 1.54. The summed E-state index contributed by atoms with van der Waals surface area (Å²) < 4.78 is 5.43. The summed E-state index contributed by atoms with van der Waals surface area (Å²) in [4.78, 5) is 0. The Balaban J connectivity index is 0. The van der Waals surface area contributed by atoms with Crippen molar-refractivity contribution in [1.82, 2.24) is 0 Å². The van der Waals surface area contributed by atoms with E-state index in [1.165, 1.54) is 5.28 Å². The van der Waals surface area contributed by atoms with Crippen LogP contribution < -0.4 is 12.4 Å². The van der Waals surface area contributed by atoms with Gasteiger partial charge in [0, 0.05) is 0 Å². The zero-order valence-corrected chi connectivity index (χ0v) is 9.19. The molecule has 0 aliphatic heterocycles. The van der Waals surface area contributed by atoms with E-state index in [0.717, 1.165) is 6.61 Å². The molecule has 0 radical (unpaired) electrons. The van der Waals surface area contributed by atoms with Gasteiger partial charge in [0.15, 0.2) is 0 Å². The Morgan fingerprint density at radius 1 is 1.30 bits per heavy atom. The molecule has 1 nitrogen and oxygen atoms in total. The molecule has 0 aromatic rings. The second kappa shape index (κ2) is 6.49. The average molecular weight is 179 g/mol. The van der Waals surface area contributed by atoms with Gasteiger partial charge in [-0.3, -0.25) is 0 Å². The minimum absolute atomic E-state index is 0. The van der Waals surface area contributed by atoms with Gasteiger partial charge in [-0.05, 0) is 0 Å². The second-order valence-corrected chi connectivity index (χ2v) is 4.93. The number of hydrogen-bond acceptors (Lipinski definition) is 1. The van der Waals surface area contributed by atoms with E-state index < -0.39 is 0 Å². The molecule has 0 aromatic heterocycles. The summed E-state index contributed by atoms with van der Waals surface area (Å²) in [7, 11) is 0. The Morgan fingerprint density at radius 2 is 1.80 bits per heavy atom. The van der Waals surface area contributed by atoms with E-state index >= 15 is 0 Å². The average Bonchev–Trinajstić information content (AvgIpc) is 1.63. The summed E-state index contributed by atoms with van der Waals surface area (Å²) in [5, 5.41) is 1.20. The third-order valence-electron chi connectivity index (χ3n) is 0.801. The first-order chi connectivity index (χ1) is 4.06. The van der Waals surface area contributed by atoms with Crippen LogP contribution in [0.15, 0.2) is 0 Å². The Hall–Kier alpha value is 0.782. The van der Waals surface area contributed by atoms with Crippen molar-refractivity contribution < 1.29 is 16.2 Å². The summed E-state index contributed by atoms with van der Waals surface area (Å²) in [6, 6.07) is 0. The van der Waals surface area contributed by atoms with Crippen molar-refractivity contribution in [2.75, 3.05) is 6.61 Å². The first-order valence-corrected chi connectivity index (χ1v) is 4.78. The van der Waals surface area contributed by atoms with Gasteiger partial charge in [-0.1, -0.05) is 0 Å². The first-order valence-electron chi connectivity index (χ1n) is 3.49. The molecular weight excluding hydrogens is 163 g/mol. The zero-order valence-electron chi connectivity index (χ0n) is 7.28. The van der Waals surface area contributed by atoms with Gasteiger partial charge >= 0.3 is 64.3 Å². The summed E-state index contributed by atoms with van der Waals surface area (Å²) in [6.45, 7) is 9.67. The van der Waals surface area contributed by atoms with Crippen molar-refractivity contribution >= 4 is 15.6 Å². The first kappa shape index (κ1) is 13.4. The van der Waals surface area contributed by atoms with Crippen LogP contribution in [-0.2, 0) is 3.79 Å². The minimum Gasteiger partial charge on any atom is -1.00 e. The molecule has 0 atom stereocenters. The fourth-order valence-electron chi connectivity index (χ4n) is 0.427. The molecule has 0 unspecified atom stereocenters. The van der Waals surface area contributed by atoms with Crippen molar-refractivity contribution in [3.8, 4) is 0 Å². The Kier molecular flexibility index (Phi) is 8.68. The van der Waals surface area contributed by atoms with Crippen molar-refractivity contribution in [2.24, 2.45) is 5.41 Å². The predicted octanol–water partition coefficient (Wildman–Crippen LogP) is -0.889. The van der Waals surface area contributed by atoms with Crippen LogP contribution in [0.25, 0.3) is 0 Å². The molecule has 0 saturated heterocycles. The van der Waals surface area contributed by atoms with E-state index in [0.29, 0.717) is 5.41 Å². The van der Waals surface area contributed by atoms with Crippen LogP contribution in [0.5, 0.6) is 0 Å². The van der Waals surface area contributed by atoms with Gasteiger partial charge in [0.25, 0.3) is 0 Å². The fourth-order valence-corrected chi connectivity index (χ4v) is 1.28. The van der Waals surface area contributed by atoms with Gasteiger partial charge in [-0.25, -0.2) is 0 Å². The largest absolute Gasteiger partial charge is 1.00 e. The van der Waals surface area contributed by atoms with Crippen LogP contribution in [0.3, 0.4) is 0 Å². The quantitative estimate of drug-likeness (QED) is 0.403. The molecule has 3 heteroatoms. The van der Waals surface area contributed by atoms with Crippen LogP contribution in [0.4, 0.5) is 0 Å². The molecule has 0 aliphatic carbocycles. The molecule has 0 N–H and O–H groups in total. The molecule has 0 bridgehead atoms. The van der Waals surface area contributed by atoms with Gasteiger partial charge in [-0.2, -0.15) is 0 Å². The smallest absolute Gasteiger partial charge is 1.00 e. The van der Waals surface area contributed by atoms with E-state index in [1.54, 1.807) is 0 Å². The summed E-state index contributed by atoms with van der Waals surface area (Å²) in [5.41, 5.74) is 0.349. The standard InChI is InChI=1S/C5H11O.C2H5.Al.ClH/c1-5(2,3)4-6;1-2;;/h4H2,1-3H3;1H2,2H3;;1H/q-1;;+2;/p-1. The van der Waals surface area contributed by atoms with Crippen LogP contribution >= 0.6 is 0 Å². The summed E-state index contributed by atoms with van der Waals surface area (Å²) in [6.07, 6.45) is 0. The maximum Gasteiger partial charge on any atom is -1.00 e. The predicted molar refractivity (Wildman–Crippen MR) is 41.6 cm³/mol. The molecule has 0 heterocycles. The van der Waals surface area contributed by atoms with Gasteiger partial charge in [0.05, 0.1) is 0 Å². The van der Waals surface area contributed by atoms with Gasteiger partial charge < -0.3 is 12.4 Å². The van der Waals surface area contributed by atoms with Crippen molar-refractivity contribution in [3.05, 3.63) is 0 Å². The Bertz CT molecular complexity index is 70.5. The maximum atomic E-state index is 5.43. The normalized spacial score (nSPS) is 10.0. The van der Waals surface area contributed by atoms with E-state index in [-0.39, 0.29) is 28.0 Å². The number of rotatable bonds is 3. The third kappa shape index (κ3) is 11.6. The Labute approximate surface area is 77.0 Å². The molecule has 0 aliphatic rings. The van der Waals surface area contributed by atoms with Crippen molar-refractivity contribution in [3.63, 3.8) is 0 Å². The zero-order chi connectivity index (χ0) is 7.33. The van der Waals surface area contributed by atoms with Crippen LogP contribution in [0.2, 0.25) is 5.28 Å². The number of halogens is 1. The van der Waals surface area contributed by atoms with Crippen molar-refractivity contribution in [2.45, 2.75) is 33.0 Å². The SMILES string of the molecule is C[CH2][Al+][O]CC(C)(C)C.[Cl-]. The van der Waals surface area contributed by atoms with Crippen LogP contribution in [0, 0.1) is 5.41 Å². The fraction of sp³-hybridized carbons (Fsp3) is 1.00. The van der Waals surface area contributed by atoms with Gasteiger partial charge in [0.1, 0.15) is 0 Å². The summed E-state index contributed by atoms with van der Waals surface area (Å²) >= 11 is 0.265. The second-order valence-electron chi connectivity index (χ2n) is 3.45. The summed E-state index contributed by atoms with van der Waals surface area (Å²) in [5.74, 6) is 0. The van der Waals surface area contributed by atoms with E-state index in [1.807, 2.05) is 0 Å². The Morgan fingerprint density at radius 3 is 2.10 bits per heavy atom. The van der Waals surface area contributed by atoms with E-state index in [2.05, 4.69) is 27.7 Å². The molecule has 0 saturated carbocycles. The van der Waals surface area contributed by atoms with Crippen LogP contribution in [-0.4, -0.2) is 22.2 Å². The molecule has 0 spiro atoms. The van der Waals surface area contributed by atoms with Gasteiger partial charge in [-0.15, -0.1) is 0 Å². The monoisotopic (exact) mass is 178 g/mol. The number of hydrogen-bond donors (Lipinski definition) is 0.